The predicted octanol–water partition coefficient (Wildman–Crippen LogP) is 3.05. The lowest BCUT2D eigenvalue weighted by atomic mass is 10.1. The van der Waals surface area contributed by atoms with E-state index in [0.717, 1.165) is 11.4 Å². The Morgan fingerprint density at radius 3 is 2.34 bits per heavy atom. The SMILES string of the molecule is Cc1ccc(C(=O)OCC(=O)c2cc(C)n(C(C)C)c2C)cc1S(=O)(=O)N1CCOCC1. The van der Waals surface area contributed by atoms with Crippen molar-refractivity contribution in [3.05, 3.63) is 52.3 Å². The fourth-order valence-electron chi connectivity index (χ4n) is 4.08. The van der Waals surface area contributed by atoms with Crippen LogP contribution in [0, 0.1) is 20.8 Å². The second-order valence-electron chi connectivity index (χ2n) is 8.24. The number of esters is 1. The molecular weight excluding hydrogens is 432 g/mol. The quantitative estimate of drug-likeness (QED) is 0.464. The van der Waals surface area contributed by atoms with Crippen LogP contribution in [0.2, 0.25) is 0 Å². The molecule has 9 heteroatoms. The molecule has 3 rings (SSSR count). The van der Waals surface area contributed by atoms with Crippen molar-refractivity contribution in [3.63, 3.8) is 0 Å². The van der Waals surface area contributed by atoms with Gasteiger partial charge in [-0.3, -0.25) is 4.79 Å². The summed E-state index contributed by atoms with van der Waals surface area (Å²) in [5.74, 6) is -1.04. The van der Waals surface area contributed by atoms with E-state index in [2.05, 4.69) is 4.57 Å². The molecule has 0 atom stereocenters. The van der Waals surface area contributed by atoms with E-state index in [1.807, 2.05) is 27.7 Å². The molecule has 0 radical (unpaired) electrons. The van der Waals surface area contributed by atoms with Crippen molar-refractivity contribution in [2.45, 2.75) is 45.6 Å². The van der Waals surface area contributed by atoms with Crippen LogP contribution in [-0.4, -0.2) is 62.0 Å². The third kappa shape index (κ3) is 4.79. The van der Waals surface area contributed by atoms with Gasteiger partial charge in [0.2, 0.25) is 15.8 Å². The van der Waals surface area contributed by atoms with Gasteiger partial charge in [0.05, 0.1) is 23.7 Å². The van der Waals surface area contributed by atoms with Crippen LogP contribution in [0.1, 0.15) is 57.6 Å². The minimum Gasteiger partial charge on any atom is -0.454 e. The van der Waals surface area contributed by atoms with E-state index in [1.54, 1.807) is 19.1 Å². The Morgan fingerprint density at radius 1 is 1.09 bits per heavy atom. The van der Waals surface area contributed by atoms with E-state index in [9.17, 15) is 18.0 Å². The van der Waals surface area contributed by atoms with Gasteiger partial charge in [-0.1, -0.05) is 6.07 Å². The molecular formula is C23H30N2O6S. The molecule has 0 bridgehead atoms. The molecule has 1 fully saturated rings. The van der Waals surface area contributed by atoms with Gasteiger partial charge in [0.25, 0.3) is 0 Å². The third-order valence-electron chi connectivity index (χ3n) is 5.65. The van der Waals surface area contributed by atoms with E-state index in [0.29, 0.717) is 24.3 Å². The zero-order valence-electron chi connectivity index (χ0n) is 19.2. The van der Waals surface area contributed by atoms with Crippen LogP contribution in [-0.2, 0) is 19.5 Å². The topological polar surface area (TPSA) is 94.9 Å². The number of rotatable bonds is 7. The van der Waals surface area contributed by atoms with Gasteiger partial charge in [-0.25, -0.2) is 13.2 Å². The van der Waals surface area contributed by atoms with Crippen LogP contribution < -0.4 is 0 Å². The first-order valence-corrected chi connectivity index (χ1v) is 12.0. The number of aromatic nitrogens is 1. The van der Waals surface area contributed by atoms with Crippen molar-refractivity contribution in [3.8, 4) is 0 Å². The van der Waals surface area contributed by atoms with Gasteiger partial charge in [-0.15, -0.1) is 0 Å². The Labute approximate surface area is 189 Å². The maximum absolute atomic E-state index is 13.0. The number of ketones is 1. The number of ether oxygens (including phenoxy) is 2. The Kier molecular flexibility index (Phi) is 7.22. The number of aryl methyl sites for hydroxylation is 2. The lowest BCUT2D eigenvalue weighted by molar-refractivity contribution is 0.0474. The fourth-order valence-corrected chi connectivity index (χ4v) is 5.74. The summed E-state index contributed by atoms with van der Waals surface area (Å²) < 4.78 is 39.9. The molecule has 0 aliphatic carbocycles. The van der Waals surface area contributed by atoms with Crippen molar-refractivity contribution in [2.24, 2.45) is 0 Å². The summed E-state index contributed by atoms with van der Waals surface area (Å²) in [6.07, 6.45) is 0. The standard InChI is InChI=1S/C23H30N2O6S/c1-15(2)25-17(4)12-20(18(25)5)21(26)14-31-23(27)19-7-6-16(3)22(13-19)32(28,29)24-8-10-30-11-9-24/h6-7,12-13,15H,8-11,14H2,1-5H3. The summed E-state index contributed by atoms with van der Waals surface area (Å²) in [5, 5.41) is 0. The number of benzene rings is 1. The van der Waals surface area contributed by atoms with Gasteiger partial charge in [0, 0.05) is 36.1 Å². The molecule has 1 aliphatic heterocycles. The molecule has 0 N–H and O–H groups in total. The largest absolute Gasteiger partial charge is 0.454 e. The van der Waals surface area contributed by atoms with E-state index < -0.39 is 22.6 Å². The lowest BCUT2D eigenvalue weighted by Gasteiger charge is -2.26. The Morgan fingerprint density at radius 2 is 1.75 bits per heavy atom. The average molecular weight is 463 g/mol. The van der Waals surface area contributed by atoms with Crippen molar-refractivity contribution in [2.75, 3.05) is 32.9 Å². The minimum absolute atomic E-state index is 0.0562. The van der Waals surface area contributed by atoms with Crippen LogP contribution in [0.4, 0.5) is 0 Å². The molecule has 1 aromatic carbocycles. The van der Waals surface area contributed by atoms with Crippen molar-refractivity contribution < 1.29 is 27.5 Å². The number of hydrogen-bond donors (Lipinski definition) is 0. The molecule has 1 aromatic heterocycles. The van der Waals surface area contributed by atoms with Gasteiger partial charge in [-0.2, -0.15) is 4.31 Å². The normalized spacial score (nSPS) is 15.2. The highest BCUT2D eigenvalue weighted by atomic mass is 32.2. The molecule has 1 saturated heterocycles. The van der Waals surface area contributed by atoms with Gasteiger partial charge < -0.3 is 14.0 Å². The highest BCUT2D eigenvalue weighted by Crippen LogP contribution is 2.23. The van der Waals surface area contributed by atoms with Gasteiger partial charge >= 0.3 is 5.97 Å². The molecule has 0 spiro atoms. The summed E-state index contributed by atoms with van der Waals surface area (Å²) in [7, 11) is -3.76. The van der Waals surface area contributed by atoms with Gasteiger partial charge in [0.15, 0.2) is 6.61 Å². The number of hydrogen-bond acceptors (Lipinski definition) is 6. The summed E-state index contributed by atoms with van der Waals surface area (Å²) in [5.41, 5.74) is 2.92. The second kappa shape index (κ2) is 9.56. The molecule has 0 amide bonds. The molecule has 0 unspecified atom stereocenters. The Bertz CT molecular complexity index is 1130. The summed E-state index contributed by atoms with van der Waals surface area (Å²) in [6, 6.07) is 6.40. The number of morpholine rings is 1. The highest BCUT2D eigenvalue weighted by Gasteiger charge is 2.29. The van der Waals surface area contributed by atoms with Crippen LogP contribution in [0.25, 0.3) is 0 Å². The minimum atomic E-state index is -3.76. The van der Waals surface area contributed by atoms with Gasteiger partial charge in [0.1, 0.15) is 0 Å². The first-order chi connectivity index (χ1) is 15.0. The summed E-state index contributed by atoms with van der Waals surface area (Å²) in [4.78, 5) is 25.3. The second-order valence-corrected chi connectivity index (χ2v) is 10.2. The van der Waals surface area contributed by atoms with Crippen LogP contribution in [0.15, 0.2) is 29.2 Å². The first-order valence-electron chi connectivity index (χ1n) is 10.6. The molecule has 32 heavy (non-hydrogen) atoms. The van der Waals surface area contributed by atoms with Crippen molar-refractivity contribution in [1.29, 1.82) is 0 Å². The lowest BCUT2D eigenvalue weighted by Crippen LogP contribution is -2.40. The van der Waals surface area contributed by atoms with Crippen molar-refractivity contribution >= 4 is 21.8 Å². The van der Waals surface area contributed by atoms with E-state index in [-0.39, 0.29) is 35.4 Å². The highest BCUT2D eigenvalue weighted by molar-refractivity contribution is 7.89. The number of nitrogens with zero attached hydrogens (tertiary/aromatic N) is 2. The Balaban J connectivity index is 1.76. The van der Waals surface area contributed by atoms with E-state index >= 15 is 0 Å². The summed E-state index contributed by atoms with van der Waals surface area (Å²) >= 11 is 0. The van der Waals surface area contributed by atoms with Crippen molar-refractivity contribution in [1.82, 2.24) is 8.87 Å². The zero-order chi connectivity index (χ0) is 23.6. The predicted molar refractivity (Wildman–Crippen MR) is 120 cm³/mol. The number of carbonyl (C=O) groups excluding carboxylic acids is 2. The average Bonchev–Trinajstić information content (AvgIpc) is 3.06. The smallest absolute Gasteiger partial charge is 0.338 e. The maximum atomic E-state index is 13.0. The molecule has 174 valence electrons. The number of Topliss-reactive ketones (excluding diaryl/α,β-unsaturated/α-hetero) is 1. The van der Waals surface area contributed by atoms with Gasteiger partial charge in [-0.05, 0) is 58.4 Å². The first kappa shape index (κ1) is 24.2. The number of sulfonamides is 1. The molecule has 1 aliphatic rings. The molecule has 2 aromatic rings. The van der Waals surface area contributed by atoms with E-state index in [1.165, 1.54) is 16.4 Å². The summed E-state index contributed by atoms with van der Waals surface area (Å²) in [6.45, 7) is 10.3. The number of carbonyl (C=O) groups is 2. The third-order valence-corrected chi connectivity index (χ3v) is 7.69. The molecule has 2 heterocycles. The van der Waals surface area contributed by atoms with Crippen LogP contribution in [0.3, 0.4) is 0 Å². The Hall–Kier alpha value is -2.49. The fraction of sp³-hybridized carbons (Fsp3) is 0.478. The maximum Gasteiger partial charge on any atom is 0.338 e. The van der Waals surface area contributed by atoms with E-state index in [4.69, 9.17) is 9.47 Å². The zero-order valence-corrected chi connectivity index (χ0v) is 20.0. The van der Waals surface area contributed by atoms with Crippen LogP contribution >= 0.6 is 0 Å². The molecule has 8 nitrogen and oxygen atoms in total. The van der Waals surface area contributed by atoms with Crippen LogP contribution in [0.5, 0.6) is 0 Å². The monoisotopic (exact) mass is 462 g/mol. The molecule has 0 saturated carbocycles.